The van der Waals surface area contributed by atoms with Gasteiger partial charge in [0.2, 0.25) is 5.76 Å². The zero-order valence-corrected chi connectivity index (χ0v) is 13.2. The number of hydrogen-bond donors (Lipinski definition) is 1. The lowest BCUT2D eigenvalue weighted by Gasteiger charge is -2.18. The van der Waals surface area contributed by atoms with Crippen LogP contribution in [0.2, 0.25) is 0 Å². The molecule has 2 aromatic rings. The molecule has 1 amide bonds. The molecule has 1 aliphatic carbocycles. The van der Waals surface area contributed by atoms with Gasteiger partial charge in [-0.25, -0.2) is 4.79 Å². The number of esters is 1. The number of methoxy groups -OCH3 is 1. The summed E-state index contributed by atoms with van der Waals surface area (Å²) in [6.07, 6.45) is 4.18. The van der Waals surface area contributed by atoms with Crippen LogP contribution >= 0.6 is 11.3 Å². The second-order valence-electron chi connectivity index (χ2n) is 5.38. The van der Waals surface area contributed by atoms with Crippen LogP contribution in [0.4, 0.5) is 5.00 Å². The Bertz CT molecular complexity index is 705. The Balaban J connectivity index is 1.96. The van der Waals surface area contributed by atoms with E-state index in [1.54, 1.807) is 0 Å². The summed E-state index contributed by atoms with van der Waals surface area (Å²) in [4.78, 5) is 25.4. The van der Waals surface area contributed by atoms with E-state index < -0.39 is 11.9 Å². The van der Waals surface area contributed by atoms with Gasteiger partial charge in [0.15, 0.2) is 0 Å². The number of nitrogens with zero attached hydrogens (tertiary/aromatic N) is 1. The number of ether oxygens (including phenoxy) is 1. The largest absolute Gasteiger partial charge is 0.465 e. The first-order valence-corrected chi connectivity index (χ1v) is 7.86. The van der Waals surface area contributed by atoms with E-state index >= 15 is 0 Å². The minimum absolute atomic E-state index is 0.107. The first-order valence-electron chi connectivity index (χ1n) is 7.05. The van der Waals surface area contributed by atoms with Crippen LogP contribution in [0.25, 0.3) is 0 Å². The quantitative estimate of drug-likeness (QED) is 0.879. The zero-order valence-electron chi connectivity index (χ0n) is 12.3. The van der Waals surface area contributed by atoms with Crippen LogP contribution in [0.1, 0.15) is 44.7 Å². The van der Waals surface area contributed by atoms with Crippen molar-refractivity contribution in [1.29, 1.82) is 0 Å². The minimum Gasteiger partial charge on any atom is -0.465 e. The molecule has 1 atom stereocenters. The van der Waals surface area contributed by atoms with Gasteiger partial charge in [-0.1, -0.05) is 12.1 Å². The third kappa shape index (κ3) is 2.64. The topological polar surface area (TPSA) is 81.4 Å². The Kier molecular flexibility index (Phi) is 3.98. The summed E-state index contributed by atoms with van der Waals surface area (Å²) >= 11 is 1.44. The summed E-state index contributed by atoms with van der Waals surface area (Å²) < 4.78 is 9.72. The number of amides is 1. The highest BCUT2D eigenvalue weighted by atomic mass is 32.1. The summed E-state index contributed by atoms with van der Waals surface area (Å²) in [5.74, 6) is -0.153. The highest BCUT2D eigenvalue weighted by molar-refractivity contribution is 7.17. The van der Waals surface area contributed by atoms with E-state index in [-0.39, 0.29) is 5.76 Å². The fourth-order valence-electron chi connectivity index (χ4n) is 2.65. The average Bonchev–Trinajstić information content (AvgIpc) is 3.13. The lowest BCUT2D eigenvalue weighted by atomic mass is 9.88. The average molecular weight is 320 g/mol. The summed E-state index contributed by atoms with van der Waals surface area (Å²) in [5.41, 5.74) is 1.48. The predicted molar refractivity (Wildman–Crippen MR) is 81.3 cm³/mol. The Labute approximate surface area is 131 Å². The predicted octanol–water partition coefficient (Wildman–Crippen LogP) is 2.90. The molecule has 22 heavy (non-hydrogen) atoms. The van der Waals surface area contributed by atoms with E-state index in [0.717, 1.165) is 29.7 Å². The Morgan fingerprint density at radius 2 is 2.32 bits per heavy atom. The van der Waals surface area contributed by atoms with Crippen molar-refractivity contribution in [1.82, 2.24) is 5.16 Å². The fraction of sp³-hybridized carbons (Fsp3) is 0.400. The van der Waals surface area contributed by atoms with Crippen LogP contribution in [0.3, 0.4) is 0 Å². The van der Waals surface area contributed by atoms with Crippen molar-refractivity contribution >= 4 is 28.2 Å². The normalized spacial score (nSPS) is 16.9. The van der Waals surface area contributed by atoms with Gasteiger partial charge in [-0.2, -0.15) is 0 Å². The number of carbonyl (C=O) groups excluding carboxylic acids is 2. The van der Waals surface area contributed by atoms with Crippen molar-refractivity contribution < 1.29 is 18.8 Å². The standard InChI is InChI=1S/C15H16N2O4S/c1-8-3-4-9-11(7-8)22-14(12(9)15(19)20-2)17-13(18)10-5-6-16-21-10/h5-6,8H,3-4,7H2,1-2H3,(H,17,18). The van der Waals surface area contributed by atoms with Gasteiger partial charge in [0.05, 0.1) is 18.9 Å². The van der Waals surface area contributed by atoms with Crippen molar-refractivity contribution in [2.45, 2.75) is 26.2 Å². The maximum atomic E-state index is 12.1. The molecule has 0 aromatic carbocycles. The molecule has 1 N–H and O–H groups in total. The molecular weight excluding hydrogens is 304 g/mol. The third-order valence-corrected chi connectivity index (χ3v) is 4.96. The number of nitrogens with one attached hydrogen (secondary N) is 1. The SMILES string of the molecule is COC(=O)c1c(NC(=O)c2ccno2)sc2c1CCC(C)C2. The molecule has 7 heteroatoms. The van der Waals surface area contributed by atoms with Crippen LogP contribution in [0, 0.1) is 5.92 Å². The van der Waals surface area contributed by atoms with E-state index in [1.165, 1.54) is 30.7 Å². The van der Waals surface area contributed by atoms with Crippen LogP contribution < -0.4 is 5.32 Å². The molecule has 0 saturated heterocycles. The molecule has 1 aliphatic rings. The van der Waals surface area contributed by atoms with Gasteiger partial charge < -0.3 is 14.6 Å². The monoisotopic (exact) mass is 320 g/mol. The maximum absolute atomic E-state index is 12.1. The van der Waals surface area contributed by atoms with E-state index in [2.05, 4.69) is 17.4 Å². The molecule has 0 spiro atoms. The van der Waals surface area contributed by atoms with Gasteiger partial charge >= 0.3 is 5.97 Å². The smallest absolute Gasteiger partial charge is 0.341 e. The minimum atomic E-state index is -0.422. The molecule has 0 fully saturated rings. The molecule has 3 rings (SSSR count). The zero-order chi connectivity index (χ0) is 15.7. The van der Waals surface area contributed by atoms with Crippen molar-refractivity contribution in [2.24, 2.45) is 5.92 Å². The number of anilines is 1. The third-order valence-electron chi connectivity index (χ3n) is 3.79. The number of aromatic nitrogens is 1. The Morgan fingerprint density at radius 3 is 3.00 bits per heavy atom. The fourth-order valence-corrected chi connectivity index (χ4v) is 4.05. The lowest BCUT2D eigenvalue weighted by molar-refractivity contribution is 0.0601. The van der Waals surface area contributed by atoms with E-state index in [4.69, 9.17) is 9.26 Å². The summed E-state index contributed by atoms with van der Waals surface area (Å²) in [6, 6.07) is 1.47. The summed E-state index contributed by atoms with van der Waals surface area (Å²) in [5, 5.41) is 6.78. The second-order valence-corrected chi connectivity index (χ2v) is 6.48. The molecule has 1 unspecified atom stereocenters. The lowest BCUT2D eigenvalue weighted by Crippen LogP contribution is -2.15. The highest BCUT2D eigenvalue weighted by Gasteiger charge is 2.29. The summed E-state index contributed by atoms with van der Waals surface area (Å²) in [7, 11) is 1.35. The molecule has 0 saturated carbocycles. The molecular formula is C15H16N2O4S. The number of thiophene rings is 1. The molecule has 0 bridgehead atoms. The van der Waals surface area contributed by atoms with E-state index in [0.29, 0.717) is 16.5 Å². The highest BCUT2D eigenvalue weighted by Crippen LogP contribution is 2.40. The van der Waals surface area contributed by atoms with Crippen LogP contribution in [0.15, 0.2) is 16.8 Å². The van der Waals surface area contributed by atoms with Gasteiger partial charge in [0.1, 0.15) is 5.00 Å². The van der Waals surface area contributed by atoms with Crippen molar-refractivity contribution in [3.05, 3.63) is 34.0 Å². The number of carbonyl (C=O) groups is 2. The molecule has 2 heterocycles. The molecule has 116 valence electrons. The van der Waals surface area contributed by atoms with Gasteiger partial charge in [-0.3, -0.25) is 4.79 Å². The Hall–Kier alpha value is -2.15. The van der Waals surface area contributed by atoms with Gasteiger partial charge in [-0.05, 0) is 30.7 Å². The van der Waals surface area contributed by atoms with Crippen molar-refractivity contribution in [3.8, 4) is 0 Å². The van der Waals surface area contributed by atoms with Gasteiger partial charge in [-0.15, -0.1) is 11.3 Å². The second kappa shape index (κ2) is 5.92. The Morgan fingerprint density at radius 1 is 1.50 bits per heavy atom. The molecule has 6 nitrogen and oxygen atoms in total. The number of fused-ring (bicyclic) bond motifs is 1. The van der Waals surface area contributed by atoms with Crippen LogP contribution in [-0.4, -0.2) is 24.1 Å². The van der Waals surface area contributed by atoms with Crippen LogP contribution in [-0.2, 0) is 17.6 Å². The van der Waals surface area contributed by atoms with E-state index in [1.807, 2.05) is 0 Å². The molecule has 2 aromatic heterocycles. The maximum Gasteiger partial charge on any atom is 0.341 e. The van der Waals surface area contributed by atoms with Crippen molar-refractivity contribution in [2.75, 3.05) is 12.4 Å². The first kappa shape index (κ1) is 14.8. The van der Waals surface area contributed by atoms with Crippen LogP contribution in [0.5, 0.6) is 0 Å². The van der Waals surface area contributed by atoms with E-state index in [9.17, 15) is 9.59 Å². The van der Waals surface area contributed by atoms with Gasteiger partial charge in [0.25, 0.3) is 5.91 Å². The number of rotatable bonds is 3. The number of hydrogen-bond acceptors (Lipinski definition) is 6. The summed E-state index contributed by atoms with van der Waals surface area (Å²) in [6.45, 7) is 2.19. The molecule has 0 aliphatic heterocycles. The first-order chi connectivity index (χ1) is 10.6. The van der Waals surface area contributed by atoms with Gasteiger partial charge in [0, 0.05) is 10.9 Å². The van der Waals surface area contributed by atoms with Crippen molar-refractivity contribution in [3.63, 3.8) is 0 Å². The molecule has 0 radical (unpaired) electrons.